The van der Waals surface area contributed by atoms with Crippen LogP contribution in [0.4, 0.5) is 0 Å². The van der Waals surface area contributed by atoms with Crippen molar-refractivity contribution >= 4 is 17.5 Å². The first-order chi connectivity index (χ1) is 9.58. The number of hydrogen-bond donors (Lipinski definition) is 2. The van der Waals surface area contributed by atoms with Crippen molar-refractivity contribution in [3.63, 3.8) is 0 Å². The summed E-state index contributed by atoms with van der Waals surface area (Å²) in [4.78, 5) is 11.7. The lowest BCUT2D eigenvalue weighted by atomic mass is 10.0. The van der Waals surface area contributed by atoms with Gasteiger partial charge >= 0.3 is 0 Å². The van der Waals surface area contributed by atoms with Crippen LogP contribution in [-0.4, -0.2) is 5.91 Å². The molecule has 2 aromatic carbocycles. The van der Waals surface area contributed by atoms with Crippen LogP contribution in [0.5, 0.6) is 0 Å². The van der Waals surface area contributed by atoms with Crippen LogP contribution in [0, 0.1) is 0 Å². The Kier molecular flexibility index (Phi) is 4.77. The van der Waals surface area contributed by atoms with Gasteiger partial charge in [0.2, 0.25) is 5.91 Å². The van der Waals surface area contributed by atoms with Crippen molar-refractivity contribution in [2.45, 2.75) is 19.0 Å². The first kappa shape index (κ1) is 14.6. The van der Waals surface area contributed by atoms with Crippen molar-refractivity contribution in [1.29, 1.82) is 0 Å². The second kappa shape index (κ2) is 6.55. The average Bonchev–Trinajstić information content (AvgIpc) is 2.45. The maximum atomic E-state index is 11.7. The molecule has 3 N–H and O–H groups in total. The minimum Gasteiger partial charge on any atom is -0.368 e. The van der Waals surface area contributed by atoms with E-state index in [0.29, 0.717) is 5.02 Å². The molecule has 2 aromatic rings. The predicted molar refractivity (Wildman–Crippen MR) is 81.4 cm³/mol. The number of benzene rings is 2. The van der Waals surface area contributed by atoms with E-state index in [4.69, 9.17) is 17.3 Å². The number of carbonyl (C=O) groups excluding carboxylic acids is 1. The SMILES string of the molecule is C[C@@H](N[C@H](C(N)=O)c1ccccc1)c1cccc(Cl)c1. The molecule has 0 aliphatic carbocycles. The molecule has 20 heavy (non-hydrogen) atoms. The van der Waals surface area contributed by atoms with Gasteiger partial charge in [0.15, 0.2) is 0 Å². The molecule has 2 atom stereocenters. The monoisotopic (exact) mass is 288 g/mol. The second-order valence-electron chi connectivity index (χ2n) is 4.69. The lowest BCUT2D eigenvalue weighted by Crippen LogP contribution is -2.35. The summed E-state index contributed by atoms with van der Waals surface area (Å²) in [6.07, 6.45) is 0. The molecular weight excluding hydrogens is 272 g/mol. The minimum absolute atomic E-state index is 0.0357. The number of amides is 1. The normalized spacial score (nSPS) is 13.7. The fraction of sp³-hybridized carbons (Fsp3) is 0.188. The molecule has 0 unspecified atom stereocenters. The highest BCUT2D eigenvalue weighted by Gasteiger charge is 2.20. The standard InChI is InChI=1S/C16H17ClN2O/c1-11(13-8-5-9-14(17)10-13)19-15(16(18)20)12-6-3-2-4-7-12/h2-11,15,19H,1H3,(H2,18,20)/t11-,15+/m1/s1. The van der Waals surface area contributed by atoms with E-state index in [1.807, 2.05) is 61.5 Å². The Labute approximate surface area is 123 Å². The Morgan fingerprint density at radius 3 is 2.35 bits per heavy atom. The molecule has 104 valence electrons. The number of primary amides is 1. The maximum Gasteiger partial charge on any atom is 0.239 e. The Hall–Kier alpha value is -1.84. The molecule has 0 saturated carbocycles. The molecular formula is C16H17ClN2O. The summed E-state index contributed by atoms with van der Waals surface area (Å²) in [5.74, 6) is -0.398. The molecule has 2 rings (SSSR count). The third-order valence-electron chi connectivity index (χ3n) is 3.18. The summed E-state index contributed by atoms with van der Waals surface area (Å²) in [5.41, 5.74) is 7.37. The highest BCUT2D eigenvalue weighted by molar-refractivity contribution is 6.30. The third kappa shape index (κ3) is 3.59. The molecule has 0 saturated heterocycles. The summed E-state index contributed by atoms with van der Waals surface area (Å²) in [5, 5.41) is 3.92. The maximum absolute atomic E-state index is 11.7. The quantitative estimate of drug-likeness (QED) is 0.887. The van der Waals surface area contributed by atoms with Crippen LogP contribution in [0.15, 0.2) is 54.6 Å². The summed E-state index contributed by atoms with van der Waals surface area (Å²) < 4.78 is 0. The van der Waals surface area contributed by atoms with E-state index in [1.54, 1.807) is 0 Å². The van der Waals surface area contributed by atoms with E-state index in [-0.39, 0.29) is 6.04 Å². The number of rotatable bonds is 5. The summed E-state index contributed by atoms with van der Waals surface area (Å²) in [6, 6.07) is 16.4. The predicted octanol–water partition coefficient (Wildman–Crippen LogP) is 3.22. The van der Waals surface area contributed by atoms with Gasteiger partial charge in [0.1, 0.15) is 6.04 Å². The zero-order chi connectivity index (χ0) is 14.5. The van der Waals surface area contributed by atoms with Crippen LogP contribution >= 0.6 is 11.6 Å². The lowest BCUT2D eigenvalue weighted by Gasteiger charge is -2.21. The van der Waals surface area contributed by atoms with Gasteiger partial charge in [-0.2, -0.15) is 0 Å². The Balaban J connectivity index is 2.19. The van der Waals surface area contributed by atoms with Crippen molar-refractivity contribution in [3.05, 3.63) is 70.7 Å². The van der Waals surface area contributed by atoms with Crippen LogP contribution in [0.1, 0.15) is 30.1 Å². The van der Waals surface area contributed by atoms with Gasteiger partial charge in [-0.05, 0) is 30.2 Å². The summed E-state index contributed by atoms with van der Waals surface area (Å²) in [7, 11) is 0. The van der Waals surface area contributed by atoms with Crippen molar-refractivity contribution < 1.29 is 4.79 Å². The van der Waals surface area contributed by atoms with Crippen molar-refractivity contribution in [1.82, 2.24) is 5.32 Å². The van der Waals surface area contributed by atoms with Crippen LogP contribution in [0.2, 0.25) is 5.02 Å². The third-order valence-corrected chi connectivity index (χ3v) is 3.42. The second-order valence-corrected chi connectivity index (χ2v) is 5.13. The zero-order valence-electron chi connectivity index (χ0n) is 11.2. The minimum atomic E-state index is -0.523. The molecule has 3 nitrogen and oxygen atoms in total. The van der Waals surface area contributed by atoms with Crippen LogP contribution < -0.4 is 11.1 Å². The van der Waals surface area contributed by atoms with E-state index in [0.717, 1.165) is 11.1 Å². The largest absolute Gasteiger partial charge is 0.368 e. The number of hydrogen-bond acceptors (Lipinski definition) is 2. The first-order valence-electron chi connectivity index (χ1n) is 6.43. The molecule has 0 bridgehead atoms. The highest BCUT2D eigenvalue weighted by atomic mass is 35.5. The summed E-state index contributed by atoms with van der Waals surface area (Å²) in [6.45, 7) is 1.98. The summed E-state index contributed by atoms with van der Waals surface area (Å²) >= 11 is 5.99. The van der Waals surface area contributed by atoms with Gasteiger partial charge in [-0.15, -0.1) is 0 Å². The molecule has 0 fully saturated rings. The molecule has 1 amide bonds. The number of nitrogens with two attached hydrogens (primary N) is 1. The van der Waals surface area contributed by atoms with Gasteiger partial charge < -0.3 is 5.73 Å². The number of carbonyl (C=O) groups is 1. The molecule has 0 spiro atoms. The molecule has 0 heterocycles. The molecule has 4 heteroatoms. The van der Waals surface area contributed by atoms with Crippen molar-refractivity contribution in [2.24, 2.45) is 5.73 Å². The highest BCUT2D eigenvalue weighted by Crippen LogP contribution is 2.21. The smallest absolute Gasteiger partial charge is 0.239 e. The van der Waals surface area contributed by atoms with Gasteiger partial charge in [-0.1, -0.05) is 54.1 Å². The van der Waals surface area contributed by atoms with Gasteiger partial charge in [-0.3, -0.25) is 10.1 Å². The average molecular weight is 289 g/mol. The van der Waals surface area contributed by atoms with Gasteiger partial charge in [0.25, 0.3) is 0 Å². The van der Waals surface area contributed by atoms with Crippen LogP contribution in [-0.2, 0) is 4.79 Å². The van der Waals surface area contributed by atoms with E-state index in [2.05, 4.69) is 5.32 Å². The zero-order valence-corrected chi connectivity index (χ0v) is 12.0. The Bertz CT molecular complexity index is 586. The Morgan fingerprint density at radius 2 is 1.75 bits per heavy atom. The van der Waals surface area contributed by atoms with Crippen LogP contribution in [0.3, 0.4) is 0 Å². The van der Waals surface area contributed by atoms with E-state index < -0.39 is 11.9 Å². The fourth-order valence-electron chi connectivity index (χ4n) is 2.11. The van der Waals surface area contributed by atoms with Crippen molar-refractivity contribution in [2.75, 3.05) is 0 Å². The molecule has 0 aromatic heterocycles. The van der Waals surface area contributed by atoms with Gasteiger partial charge in [0.05, 0.1) is 0 Å². The first-order valence-corrected chi connectivity index (χ1v) is 6.81. The van der Waals surface area contributed by atoms with Gasteiger partial charge in [0, 0.05) is 11.1 Å². The van der Waals surface area contributed by atoms with E-state index in [1.165, 1.54) is 0 Å². The van der Waals surface area contributed by atoms with Crippen LogP contribution in [0.25, 0.3) is 0 Å². The Morgan fingerprint density at radius 1 is 1.10 bits per heavy atom. The molecule has 0 aliphatic rings. The topological polar surface area (TPSA) is 55.1 Å². The van der Waals surface area contributed by atoms with E-state index in [9.17, 15) is 4.79 Å². The van der Waals surface area contributed by atoms with E-state index >= 15 is 0 Å². The fourth-order valence-corrected chi connectivity index (χ4v) is 2.31. The molecule has 0 aliphatic heterocycles. The van der Waals surface area contributed by atoms with Gasteiger partial charge in [-0.25, -0.2) is 0 Å². The lowest BCUT2D eigenvalue weighted by molar-refractivity contribution is -0.120. The molecule has 0 radical (unpaired) electrons. The number of halogens is 1. The number of nitrogens with one attached hydrogen (secondary N) is 1. The van der Waals surface area contributed by atoms with Crippen molar-refractivity contribution in [3.8, 4) is 0 Å².